The summed E-state index contributed by atoms with van der Waals surface area (Å²) in [7, 11) is 0. The molecule has 0 amide bonds. The van der Waals surface area contributed by atoms with Gasteiger partial charge in [-0.2, -0.15) is 0 Å². The summed E-state index contributed by atoms with van der Waals surface area (Å²) in [6.45, 7) is 1.00. The molecule has 0 atom stereocenters. The largest absolute Gasteiger partial charge is 0.384 e. The zero-order chi connectivity index (χ0) is 13.5. The maximum absolute atomic E-state index is 13.9. The van der Waals surface area contributed by atoms with Crippen molar-refractivity contribution >= 4 is 16.5 Å². The summed E-state index contributed by atoms with van der Waals surface area (Å²) >= 11 is 0. The SMILES string of the molecule is Fc1ccc(-c2ccc3c(c2)CCN3)c2ccccc12. The number of benzene rings is 3. The second-order valence-electron chi connectivity index (χ2n) is 5.19. The van der Waals surface area contributed by atoms with E-state index in [1.807, 2.05) is 30.3 Å². The number of hydrogen-bond donors (Lipinski definition) is 1. The van der Waals surface area contributed by atoms with Crippen molar-refractivity contribution < 1.29 is 4.39 Å². The first-order valence-corrected chi connectivity index (χ1v) is 6.87. The van der Waals surface area contributed by atoms with Gasteiger partial charge in [-0.3, -0.25) is 0 Å². The molecule has 4 rings (SSSR count). The fourth-order valence-corrected chi connectivity index (χ4v) is 2.99. The fraction of sp³-hybridized carbons (Fsp3) is 0.111. The topological polar surface area (TPSA) is 12.0 Å². The molecule has 0 spiro atoms. The van der Waals surface area contributed by atoms with Gasteiger partial charge in [-0.15, -0.1) is 0 Å². The number of anilines is 1. The van der Waals surface area contributed by atoms with Gasteiger partial charge in [0.15, 0.2) is 0 Å². The van der Waals surface area contributed by atoms with E-state index in [1.54, 1.807) is 6.07 Å². The molecule has 0 bridgehead atoms. The maximum Gasteiger partial charge on any atom is 0.131 e. The molecule has 1 aliphatic heterocycles. The van der Waals surface area contributed by atoms with E-state index < -0.39 is 0 Å². The van der Waals surface area contributed by atoms with Gasteiger partial charge in [0, 0.05) is 17.6 Å². The van der Waals surface area contributed by atoms with E-state index in [2.05, 4.69) is 23.5 Å². The Bertz CT molecular complexity index is 808. The predicted molar refractivity (Wildman–Crippen MR) is 81.5 cm³/mol. The van der Waals surface area contributed by atoms with Gasteiger partial charge < -0.3 is 5.32 Å². The lowest BCUT2D eigenvalue weighted by Gasteiger charge is -2.09. The highest BCUT2D eigenvalue weighted by atomic mass is 19.1. The normalized spacial score (nSPS) is 13.2. The van der Waals surface area contributed by atoms with Crippen molar-refractivity contribution in [3.8, 4) is 11.1 Å². The van der Waals surface area contributed by atoms with E-state index in [9.17, 15) is 4.39 Å². The monoisotopic (exact) mass is 263 g/mol. The zero-order valence-corrected chi connectivity index (χ0v) is 11.0. The molecule has 2 heteroatoms. The van der Waals surface area contributed by atoms with Gasteiger partial charge >= 0.3 is 0 Å². The average molecular weight is 263 g/mol. The average Bonchev–Trinajstić information content (AvgIpc) is 2.95. The summed E-state index contributed by atoms with van der Waals surface area (Å²) < 4.78 is 13.9. The first kappa shape index (κ1) is 11.5. The Kier molecular flexibility index (Phi) is 2.49. The summed E-state index contributed by atoms with van der Waals surface area (Å²) in [5, 5.41) is 5.02. The van der Waals surface area contributed by atoms with Gasteiger partial charge in [-0.05, 0) is 46.7 Å². The van der Waals surface area contributed by atoms with E-state index in [0.29, 0.717) is 5.39 Å². The Balaban J connectivity index is 1.97. The molecule has 1 nitrogen and oxygen atoms in total. The lowest BCUT2D eigenvalue weighted by molar-refractivity contribution is 0.640. The molecule has 0 fully saturated rings. The van der Waals surface area contributed by atoms with Crippen molar-refractivity contribution in [1.82, 2.24) is 0 Å². The second-order valence-corrected chi connectivity index (χ2v) is 5.19. The molecule has 0 saturated carbocycles. The van der Waals surface area contributed by atoms with E-state index in [-0.39, 0.29) is 5.82 Å². The van der Waals surface area contributed by atoms with Crippen molar-refractivity contribution in [1.29, 1.82) is 0 Å². The molecule has 0 aromatic heterocycles. The number of halogens is 1. The van der Waals surface area contributed by atoms with E-state index >= 15 is 0 Å². The fourth-order valence-electron chi connectivity index (χ4n) is 2.99. The van der Waals surface area contributed by atoms with Crippen LogP contribution in [0.5, 0.6) is 0 Å². The van der Waals surface area contributed by atoms with Crippen molar-refractivity contribution in [2.75, 3.05) is 11.9 Å². The number of fused-ring (bicyclic) bond motifs is 2. The molecular formula is C18H14FN. The standard InChI is InChI=1S/C18H14FN/c19-17-7-6-14(15-3-1-2-4-16(15)17)12-5-8-18-13(11-12)9-10-20-18/h1-8,11,20H,9-10H2. The second kappa shape index (κ2) is 4.34. The third-order valence-electron chi connectivity index (χ3n) is 4.00. The van der Waals surface area contributed by atoms with Gasteiger partial charge in [0.05, 0.1) is 0 Å². The Morgan fingerprint density at radius 3 is 2.65 bits per heavy atom. The molecule has 1 heterocycles. The van der Waals surface area contributed by atoms with Crippen LogP contribution in [0.25, 0.3) is 21.9 Å². The number of hydrogen-bond acceptors (Lipinski definition) is 1. The van der Waals surface area contributed by atoms with Crippen LogP contribution in [0.1, 0.15) is 5.56 Å². The molecule has 0 aliphatic carbocycles. The van der Waals surface area contributed by atoms with Crippen LogP contribution in [0.15, 0.2) is 54.6 Å². The van der Waals surface area contributed by atoms with Gasteiger partial charge in [0.1, 0.15) is 5.82 Å². The highest BCUT2D eigenvalue weighted by Gasteiger charge is 2.12. The van der Waals surface area contributed by atoms with E-state index in [4.69, 9.17) is 0 Å². The van der Waals surface area contributed by atoms with Gasteiger partial charge in [-0.1, -0.05) is 36.4 Å². The van der Waals surface area contributed by atoms with Crippen LogP contribution in [-0.4, -0.2) is 6.54 Å². The van der Waals surface area contributed by atoms with Crippen LogP contribution in [0.3, 0.4) is 0 Å². The molecule has 0 saturated heterocycles. The van der Waals surface area contributed by atoms with Gasteiger partial charge in [0.2, 0.25) is 0 Å². The minimum atomic E-state index is -0.160. The van der Waals surface area contributed by atoms with Crippen LogP contribution in [0.4, 0.5) is 10.1 Å². The Labute approximate surface area is 117 Å². The molecule has 3 aromatic rings. The summed E-state index contributed by atoms with van der Waals surface area (Å²) in [4.78, 5) is 0. The molecule has 3 aromatic carbocycles. The number of nitrogens with one attached hydrogen (secondary N) is 1. The summed E-state index contributed by atoms with van der Waals surface area (Å²) in [5.41, 5.74) is 4.82. The molecule has 98 valence electrons. The minimum absolute atomic E-state index is 0.160. The smallest absolute Gasteiger partial charge is 0.131 e. The van der Waals surface area contributed by atoms with Crippen molar-refractivity contribution in [2.45, 2.75) is 6.42 Å². The Hall–Kier alpha value is -2.35. The molecule has 20 heavy (non-hydrogen) atoms. The first-order chi connectivity index (χ1) is 9.83. The highest BCUT2D eigenvalue weighted by Crippen LogP contribution is 2.33. The summed E-state index contributed by atoms with van der Waals surface area (Å²) in [5.74, 6) is -0.160. The minimum Gasteiger partial charge on any atom is -0.384 e. The van der Waals surface area contributed by atoms with Crippen molar-refractivity contribution in [3.63, 3.8) is 0 Å². The Morgan fingerprint density at radius 2 is 1.75 bits per heavy atom. The van der Waals surface area contributed by atoms with Gasteiger partial charge in [0.25, 0.3) is 0 Å². The van der Waals surface area contributed by atoms with Crippen LogP contribution >= 0.6 is 0 Å². The third-order valence-corrected chi connectivity index (χ3v) is 4.00. The molecule has 0 unspecified atom stereocenters. The van der Waals surface area contributed by atoms with Crippen molar-refractivity contribution in [2.24, 2.45) is 0 Å². The summed E-state index contributed by atoms with van der Waals surface area (Å²) in [6, 6.07) is 17.5. The van der Waals surface area contributed by atoms with Crippen LogP contribution < -0.4 is 5.32 Å². The van der Waals surface area contributed by atoms with Crippen LogP contribution in [0.2, 0.25) is 0 Å². The van der Waals surface area contributed by atoms with Crippen LogP contribution in [-0.2, 0) is 6.42 Å². The third kappa shape index (κ3) is 1.68. The zero-order valence-electron chi connectivity index (χ0n) is 11.0. The number of rotatable bonds is 1. The first-order valence-electron chi connectivity index (χ1n) is 6.87. The lowest BCUT2D eigenvalue weighted by Crippen LogP contribution is -1.90. The quantitative estimate of drug-likeness (QED) is 0.675. The molecule has 1 N–H and O–H groups in total. The van der Waals surface area contributed by atoms with Crippen LogP contribution in [0, 0.1) is 5.82 Å². The molecule has 0 radical (unpaired) electrons. The predicted octanol–water partition coefficient (Wildman–Crippen LogP) is 4.61. The Morgan fingerprint density at radius 1 is 0.900 bits per heavy atom. The van der Waals surface area contributed by atoms with E-state index in [1.165, 1.54) is 11.3 Å². The lowest BCUT2D eigenvalue weighted by atomic mass is 9.96. The van der Waals surface area contributed by atoms with Crippen molar-refractivity contribution in [3.05, 3.63) is 66.0 Å². The van der Waals surface area contributed by atoms with Gasteiger partial charge in [-0.25, -0.2) is 4.39 Å². The molecular weight excluding hydrogens is 249 g/mol. The van der Waals surface area contributed by atoms with E-state index in [0.717, 1.165) is 29.5 Å². The maximum atomic E-state index is 13.9. The summed E-state index contributed by atoms with van der Waals surface area (Å²) in [6.07, 6.45) is 1.06. The highest BCUT2D eigenvalue weighted by molar-refractivity contribution is 5.97. The molecule has 1 aliphatic rings.